The van der Waals surface area contributed by atoms with Gasteiger partial charge >= 0.3 is 0 Å². The first-order valence-electron chi connectivity index (χ1n) is 12.3. The van der Waals surface area contributed by atoms with E-state index in [0.29, 0.717) is 41.4 Å². The number of rotatable bonds is 2. The molecule has 1 aromatic heterocycles. The number of pyridine rings is 1. The summed E-state index contributed by atoms with van der Waals surface area (Å²) in [5.74, 6) is -0.918. The molecule has 0 aliphatic carbocycles. The number of hydrogen-bond donors (Lipinski definition) is 1. The largest absolute Gasteiger partial charge is 0.330 e. The van der Waals surface area contributed by atoms with Crippen molar-refractivity contribution in [3.63, 3.8) is 0 Å². The highest BCUT2D eigenvalue weighted by atomic mass is 79.9. The number of fused-ring (bicyclic) bond motifs is 4. The molecule has 2 aliphatic rings. The minimum absolute atomic E-state index is 0.0189. The quantitative estimate of drug-likeness (QED) is 0.320. The Labute approximate surface area is 228 Å². The van der Waals surface area contributed by atoms with Crippen molar-refractivity contribution in [2.45, 2.75) is 38.6 Å². The van der Waals surface area contributed by atoms with Crippen LogP contribution in [0.5, 0.6) is 0 Å². The number of hydrogen-bond acceptors (Lipinski definition) is 3. The lowest BCUT2D eigenvalue weighted by atomic mass is 9.92. The minimum Gasteiger partial charge on any atom is -0.330 e. The van der Waals surface area contributed by atoms with Crippen molar-refractivity contribution in [2.75, 3.05) is 11.9 Å². The van der Waals surface area contributed by atoms with Crippen LogP contribution in [0.1, 0.15) is 49.9 Å². The molecule has 3 aromatic rings. The van der Waals surface area contributed by atoms with E-state index in [2.05, 4.69) is 26.2 Å². The summed E-state index contributed by atoms with van der Waals surface area (Å²) >= 11 is 9.42. The highest BCUT2D eigenvalue weighted by Gasteiger charge is 2.31. The summed E-state index contributed by atoms with van der Waals surface area (Å²) in [7, 11) is 0. The number of nitrogens with one attached hydrogen (secondary N) is 1. The lowest BCUT2D eigenvalue weighted by Gasteiger charge is -2.34. The van der Waals surface area contributed by atoms with E-state index in [0.717, 1.165) is 28.9 Å². The number of anilines is 1. The Bertz CT molecular complexity index is 1410. The molecule has 5 rings (SSSR count). The molecule has 2 atom stereocenters. The van der Waals surface area contributed by atoms with Crippen molar-refractivity contribution in [3.05, 3.63) is 87.4 Å². The van der Waals surface area contributed by atoms with E-state index < -0.39 is 5.82 Å². The number of carbonyl (C=O) groups is 2. The first-order chi connectivity index (χ1) is 17.8. The van der Waals surface area contributed by atoms with Gasteiger partial charge in [-0.3, -0.25) is 14.6 Å². The lowest BCUT2D eigenvalue weighted by molar-refractivity contribution is -0.129. The molecule has 0 radical (unpaired) electrons. The van der Waals surface area contributed by atoms with Crippen molar-refractivity contribution in [1.82, 2.24) is 9.88 Å². The highest BCUT2D eigenvalue weighted by molar-refractivity contribution is 9.10. The maximum atomic E-state index is 14.8. The number of halogens is 3. The third kappa shape index (κ3) is 5.20. The molecule has 0 spiro atoms. The second-order valence-corrected chi connectivity index (χ2v) is 10.8. The van der Waals surface area contributed by atoms with Crippen molar-refractivity contribution >= 4 is 50.6 Å². The summed E-state index contributed by atoms with van der Waals surface area (Å²) in [5.41, 5.74) is 4.32. The van der Waals surface area contributed by atoms with Crippen LogP contribution in [0.15, 0.2) is 65.3 Å². The fourth-order valence-electron chi connectivity index (χ4n) is 5.09. The van der Waals surface area contributed by atoms with Crippen molar-refractivity contribution < 1.29 is 14.0 Å². The number of amides is 2. The number of carbonyl (C=O) groups excluding carboxylic acids is 2. The first-order valence-corrected chi connectivity index (χ1v) is 13.5. The lowest BCUT2D eigenvalue weighted by Crippen LogP contribution is -2.38. The van der Waals surface area contributed by atoms with Crippen LogP contribution in [-0.2, 0) is 9.59 Å². The van der Waals surface area contributed by atoms with E-state index in [1.807, 2.05) is 48.2 Å². The highest BCUT2D eigenvalue weighted by Crippen LogP contribution is 2.38. The number of nitrogens with zero attached hydrogens (tertiary/aromatic N) is 2. The average molecular weight is 583 g/mol. The Kier molecular flexibility index (Phi) is 7.45. The molecular weight excluding hydrogens is 557 g/mol. The monoisotopic (exact) mass is 581 g/mol. The normalized spacial score (nSPS) is 20.3. The zero-order chi connectivity index (χ0) is 26.1. The summed E-state index contributed by atoms with van der Waals surface area (Å²) < 4.78 is 15.4. The zero-order valence-corrected chi connectivity index (χ0v) is 22.7. The molecule has 8 heteroatoms. The summed E-state index contributed by atoms with van der Waals surface area (Å²) in [4.78, 5) is 32.8. The van der Waals surface area contributed by atoms with Gasteiger partial charge in [-0.05, 0) is 60.7 Å². The molecule has 3 heterocycles. The SMILES string of the molecule is CC1CCCC(N2CCC(c3c(Br)ccc(Cl)c3F)=CC2=O)c2cc(ccn2)-c2ccccc2NC1=O. The summed E-state index contributed by atoms with van der Waals surface area (Å²) in [6.07, 6.45) is 5.85. The molecule has 1 N–H and O–H groups in total. The van der Waals surface area contributed by atoms with Crippen LogP contribution in [0.2, 0.25) is 5.02 Å². The van der Waals surface area contributed by atoms with Crippen LogP contribution in [0.25, 0.3) is 16.7 Å². The van der Waals surface area contributed by atoms with Crippen molar-refractivity contribution in [1.29, 1.82) is 0 Å². The fraction of sp³-hybridized carbons (Fsp3) is 0.276. The molecular formula is C29H26BrClFN3O2. The Hall–Kier alpha value is -3.03. The minimum atomic E-state index is -0.533. The molecule has 0 saturated carbocycles. The maximum Gasteiger partial charge on any atom is 0.247 e. The second-order valence-electron chi connectivity index (χ2n) is 9.52. The number of para-hydroxylation sites is 1. The van der Waals surface area contributed by atoms with Gasteiger partial charge in [-0.15, -0.1) is 0 Å². The number of benzene rings is 2. The molecule has 37 heavy (non-hydrogen) atoms. The van der Waals surface area contributed by atoms with Crippen LogP contribution >= 0.6 is 27.5 Å². The summed E-state index contributed by atoms with van der Waals surface area (Å²) in [6.45, 7) is 2.35. The van der Waals surface area contributed by atoms with Gasteiger partial charge in [-0.2, -0.15) is 0 Å². The van der Waals surface area contributed by atoms with Crippen LogP contribution in [0.3, 0.4) is 0 Å². The van der Waals surface area contributed by atoms with Gasteiger partial charge in [0, 0.05) is 46.0 Å². The third-order valence-corrected chi connectivity index (χ3v) is 8.08. The van der Waals surface area contributed by atoms with Crippen LogP contribution < -0.4 is 5.32 Å². The van der Waals surface area contributed by atoms with Gasteiger partial charge in [-0.25, -0.2) is 4.39 Å². The van der Waals surface area contributed by atoms with E-state index in [4.69, 9.17) is 11.6 Å². The Morgan fingerprint density at radius 1 is 1.14 bits per heavy atom. The van der Waals surface area contributed by atoms with E-state index in [1.165, 1.54) is 12.1 Å². The van der Waals surface area contributed by atoms with E-state index in [9.17, 15) is 14.0 Å². The standard InChI is InChI=1S/C29H26BrClFN3O2/c1-17-5-4-8-25(24-15-18(11-13-33-24)20-6-2-3-7-23(20)34-29(17)37)35-14-12-19(16-26(35)36)27-21(30)9-10-22(31)28(27)32/h2-3,6-7,9-11,13,15-17,25H,4-5,8,12,14H2,1H3,(H,34,37). The Balaban J connectivity index is 1.52. The molecule has 2 aliphatic heterocycles. The van der Waals surface area contributed by atoms with Crippen LogP contribution in [0, 0.1) is 11.7 Å². The fourth-order valence-corrected chi connectivity index (χ4v) is 5.81. The van der Waals surface area contributed by atoms with Gasteiger partial charge in [0.15, 0.2) is 0 Å². The van der Waals surface area contributed by atoms with Gasteiger partial charge < -0.3 is 10.2 Å². The van der Waals surface area contributed by atoms with Gasteiger partial charge in [0.1, 0.15) is 5.82 Å². The molecule has 2 amide bonds. The maximum absolute atomic E-state index is 14.8. The van der Waals surface area contributed by atoms with E-state index in [1.54, 1.807) is 12.3 Å². The third-order valence-electron chi connectivity index (χ3n) is 7.12. The average Bonchev–Trinajstić information content (AvgIpc) is 2.89. The predicted molar refractivity (Wildman–Crippen MR) is 147 cm³/mol. The van der Waals surface area contributed by atoms with E-state index >= 15 is 0 Å². The van der Waals surface area contributed by atoms with Crippen molar-refractivity contribution in [3.8, 4) is 11.1 Å². The number of aromatic nitrogens is 1. The molecule has 2 unspecified atom stereocenters. The summed E-state index contributed by atoms with van der Waals surface area (Å²) in [6, 6.07) is 14.5. The second kappa shape index (κ2) is 10.8. The Morgan fingerprint density at radius 2 is 1.95 bits per heavy atom. The van der Waals surface area contributed by atoms with Crippen LogP contribution in [0.4, 0.5) is 10.1 Å². The molecule has 0 fully saturated rings. The van der Waals surface area contributed by atoms with Crippen molar-refractivity contribution in [2.24, 2.45) is 5.92 Å². The Morgan fingerprint density at radius 3 is 2.76 bits per heavy atom. The molecule has 2 bridgehead atoms. The molecule has 190 valence electrons. The van der Waals surface area contributed by atoms with E-state index in [-0.39, 0.29) is 28.8 Å². The smallest absolute Gasteiger partial charge is 0.247 e. The first kappa shape index (κ1) is 25.6. The summed E-state index contributed by atoms with van der Waals surface area (Å²) in [5, 5.41) is 3.10. The molecule has 5 nitrogen and oxygen atoms in total. The zero-order valence-electron chi connectivity index (χ0n) is 20.3. The van der Waals surface area contributed by atoms with Gasteiger partial charge in [0.25, 0.3) is 0 Å². The van der Waals surface area contributed by atoms with Gasteiger partial charge in [0.05, 0.1) is 16.8 Å². The van der Waals surface area contributed by atoms with Gasteiger partial charge in [-0.1, -0.05) is 59.1 Å². The molecule has 2 aromatic carbocycles. The van der Waals surface area contributed by atoms with Gasteiger partial charge in [0.2, 0.25) is 11.8 Å². The van der Waals surface area contributed by atoms with Crippen LogP contribution in [-0.4, -0.2) is 28.2 Å². The topological polar surface area (TPSA) is 62.3 Å². The molecule has 0 saturated heterocycles. The predicted octanol–water partition coefficient (Wildman–Crippen LogP) is 7.42.